The van der Waals surface area contributed by atoms with Crippen molar-refractivity contribution >= 4 is 0 Å². The molecule has 0 saturated heterocycles. The van der Waals surface area contributed by atoms with Crippen LogP contribution in [0.3, 0.4) is 0 Å². The van der Waals surface area contributed by atoms with Crippen LogP contribution < -0.4 is 0 Å². The van der Waals surface area contributed by atoms with Crippen molar-refractivity contribution < 1.29 is 4.74 Å². The largest absolute Gasteiger partial charge is 0.377 e. The average Bonchev–Trinajstić information content (AvgIpc) is 2.46. The zero-order chi connectivity index (χ0) is 14.7. The molecule has 1 aromatic carbocycles. The Labute approximate surface area is 121 Å². The van der Waals surface area contributed by atoms with E-state index in [0.29, 0.717) is 5.92 Å². The summed E-state index contributed by atoms with van der Waals surface area (Å²) in [6, 6.07) is 8.39. The Morgan fingerprint density at radius 3 is 2.55 bits per heavy atom. The Kier molecular flexibility index (Phi) is 4.50. The summed E-state index contributed by atoms with van der Waals surface area (Å²) in [5.74, 6) is 1.20. The van der Waals surface area contributed by atoms with E-state index in [4.69, 9.17) is 4.74 Å². The second kappa shape index (κ2) is 6.14. The number of aryl methyl sites for hydroxylation is 1. The van der Waals surface area contributed by atoms with Crippen molar-refractivity contribution in [2.45, 2.75) is 39.7 Å². The first-order valence-corrected chi connectivity index (χ1v) is 6.99. The normalized spacial score (nSPS) is 12.7. The summed E-state index contributed by atoms with van der Waals surface area (Å²) in [5, 5.41) is 0. The maximum atomic E-state index is 5.40. The Bertz CT molecular complexity index is 593. The van der Waals surface area contributed by atoms with Gasteiger partial charge in [0, 0.05) is 18.9 Å². The third kappa shape index (κ3) is 3.05. The van der Waals surface area contributed by atoms with Gasteiger partial charge in [-0.1, -0.05) is 32.0 Å². The summed E-state index contributed by atoms with van der Waals surface area (Å²) in [5.41, 5.74) is 4.49. The smallest absolute Gasteiger partial charge is 0.125 e. The molecule has 3 nitrogen and oxygen atoms in total. The molecule has 1 aromatic heterocycles. The molecular formula is C17H22N2O. The Morgan fingerprint density at radius 1 is 1.15 bits per heavy atom. The van der Waals surface area contributed by atoms with Crippen LogP contribution >= 0.6 is 0 Å². The van der Waals surface area contributed by atoms with Crippen molar-refractivity contribution in [3.63, 3.8) is 0 Å². The minimum absolute atomic E-state index is 0.0837. The van der Waals surface area contributed by atoms with E-state index < -0.39 is 0 Å². The molecule has 106 valence electrons. The highest BCUT2D eigenvalue weighted by atomic mass is 16.5. The molecule has 1 atom stereocenters. The van der Waals surface area contributed by atoms with Crippen LogP contribution in [0.1, 0.15) is 49.7 Å². The zero-order valence-corrected chi connectivity index (χ0v) is 12.8. The average molecular weight is 270 g/mol. The predicted molar refractivity (Wildman–Crippen MR) is 81.7 cm³/mol. The maximum absolute atomic E-state index is 5.40. The number of ether oxygens (including phenoxy) is 1. The van der Waals surface area contributed by atoms with Gasteiger partial charge in [0.15, 0.2) is 0 Å². The van der Waals surface area contributed by atoms with E-state index in [1.165, 1.54) is 5.56 Å². The van der Waals surface area contributed by atoms with Crippen LogP contribution in [-0.2, 0) is 4.74 Å². The van der Waals surface area contributed by atoms with Gasteiger partial charge in [0.1, 0.15) is 5.82 Å². The summed E-state index contributed by atoms with van der Waals surface area (Å²) in [7, 11) is 1.73. The van der Waals surface area contributed by atoms with Gasteiger partial charge >= 0.3 is 0 Å². The highest BCUT2D eigenvalue weighted by molar-refractivity contribution is 5.64. The second-order valence-electron chi connectivity index (χ2n) is 5.38. The van der Waals surface area contributed by atoms with Gasteiger partial charge in [-0.05, 0) is 37.0 Å². The molecule has 0 N–H and O–H groups in total. The maximum Gasteiger partial charge on any atom is 0.125 e. The van der Waals surface area contributed by atoms with Gasteiger partial charge in [-0.2, -0.15) is 0 Å². The summed E-state index contributed by atoms with van der Waals surface area (Å²) < 4.78 is 5.40. The highest BCUT2D eigenvalue weighted by Crippen LogP contribution is 2.29. The molecule has 2 rings (SSSR count). The van der Waals surface area contributed by atoms with Crippen LogP contribution in [0.2, 0.25) is 0 Å². The molecule has 0 spiro atoms. The number of hydrogen-bond acceptors (Lipinski definition) is 3. The molecular weight excluding hydrogens is 248 g/mol. The predicted octanol–water partition coefficient (Wildman–Crippen LogP) is 4.28. The molecule has 0 aliphatic heterocycles. The molecule has 20 heavy (non-hydrogen) atoms. The van der Waals surface area contributed by atoms with Gasteiger partial charge in [0.05, 0.1) is 11.8 Å². The highest BCUT2D eigenvalue weighted by Gasteiger charge is 2.13. The lowest BCUT2D eigenvalue weighted by Gasteiger charge is -2.15. The van der Waals surface area contributed by atoms with E-state index in [1.54, 1.807) is 7.11 Å². The molecule has 0 unspecified atom stereocenters. The van der Waals surface area contributed by atoms with Crippen molar-refractivity contribution in [1.29, 1.82) is 0 Å². The first kappa shape index (κ1) is 14.7. The number of nitrogens with zero attached hydrogens (tertiary/aromatic N) is 2. The molecule has 0 aliphatic carbocycles. The van der Waals surface area contributed by atoms with Gasteiger partial charge < -0.3 is 4.74 Å². The summed E-state index contributed by atoms with van der Waals surface area (Å²) in [6.07, 6.45) is 2.02. The lowest BCUT2D eigenvalue weighted by Crippen LogP contribution is -2.01. The quantitative estimate of drug-likeness (QED) is 0.831. The molecule has 0 radical (unpaired) electrons. The minimum Gasteiger partial charge on any atom is -0.377 e. The first-order valence-electron chi connectivity index (χ1n) is 6.99. The molecule has 3 heteroatoms. The fraction of sp³-hybridized carbons (Fsp3) is 0.412. The molecule has 0 fully saturated rings. The van der Waals surface area contributed by atoms with E-state index >= 15 is 0 Å². The number of benzene rings is 1. The van der Waals surface area contributed by atoms with E-state index in [9.17, 15) is 0 Å². The fourth-order valence-electron chi connectivity index (χ4n) is 2.21. The van der Waals surface area contributed by atoms with Crippen LogP contribution in [0.15, 0.2) is 30.5 Å². The Balaban J connectivity index is 2.53. The monoisotopic (exact) mass is 270 g/mol. The van der Waals surface area contributed by atoms with Crippen molar-refractivity contribution in [3.05, 3.63) is 47.4 Å². The molecule has 0 aliphatic rings. The zero-order valence-electron chi connectivity index (χ0n) is 12.8. The Hall–Kier alpha value is -1.74. The second-order valence-corrected chi connectivity index (χ2v) is 5.38. The molecule has 1 heterocycles. The van der Waals surface area contributed by atoms with E-state index in [2.05, 4.69) is 48.1 Å². The van der Waals surface area contributed by atoms with Crippen molar-refractivity contribution in [2.24, 2.45) is 0 Å². The van der Waals surface area contributed by atoms with Crippen molar-refractivity contribution in [1.82, 2.24) is 9.97 Å². The lowest BCUT2D eigenvalue weighted by molar-refractivity contribution is 0.119. The third-order valence-corrected chi connectivity index (χ3v) is 3.54. The van der Waals surface area contributed by atoms with Gasteiger partial charge in [-0.15, -0.1) is 0 Å². The molecule has 0 amide bonds. The standard InChI is InChI=1S/C17H22N2O/c1-11(2)16-10-18-13(4)19-17(16)15-8-6-7-14(9-15)12(3)20-5/h6-12H,1-5H3/t12-/m0/s1. The lowest BCUT2D eigenvalue weighted by atomic mass is 9.97. The topological polar surface area (TPSA) is 35.0 Å². The Morgan fingerprint density at radius 2 is 1.90 bits per heavy atom. The molecule has 0 bridgehead atoms. The van der Waals surface area contributed by atoms with Gasteiger partial charge in [0.2, 0.25) is 0 Å². The van der Waals surface area contributed by atoms with Crippen LogP contribution in [0.4, 0.5) is 0 Å². The van der Waals surface area contributed by atoms with Gasteiger partial charge in [0.25, 0.3) is 0 Å². The number of rotatable bonds is 4. The first-order chi connectivity index (χ1) is 9.52. The SMILES string of the molecule is CO[C@@H](C)c1cccc(-c2nc(C)ncc2C(C)C)c1. The van der Waals surface area contributed by atoms with Crippen molar-refractivity contribution in [2.75, 3.05) is 7.11 Å². The van der Waals surface area contributed by atoms with Crippen molar-refractivity contribution in [3.8, 4) is 11.3 Å². The summed E-state index contributed by atoms with van der Waals surface area (Å²) in [4.78, 5) is 8.96. The molecule has 0 saturated carbocycles. The van der Waals surface area contributed by atoms with Crippen LogP contribution in [0.25, 0.3) is 11.3 Å². The number of aromatic nitrogens is 2. The van der Waals surface area contributed by atoms with E-state index in [1.807, 2.05) is 20.0 Å². The summed E-state index contributed by atoms with van der Waals surface area (Å²) in [6.45, 7) is 8.31. The fourth-order valence-corrected chi connectivity index (χ4v) is 2.21. The third-order valence-electron chi connectivity index (χ3n) is 3.54. The van der Waals surface area contributed by atoms with Crippen LogP contribution in [0.5, 0.6) is 0 Å². The van der Waals surface area contributed by atoms with Crippen LogP contribution in [-0.4, -0.2) is 17.1 Å². The number of methoxy groups -OCH3 is 1. The van der Waals surface area contributed by atoms with Crippen LogP contribution in [0, 0.1) is 6.92 Å². The van der Waals surface area contributed by atoms with E-state index in [-0.39, 0.29) is 6.10 Å². The van der Waals surface area contributed by atoms with E-state index in [0.717, 1.165) is 22.6 Å². The summed E-state index contributed by atoms with van der Waals surface area (Å²) >= 11 is 0. The van der Waals surface area contributed by atoms with Gasteiger partial charge in [-0.25, -0.2) is 9.97 Å². The van der Waals surface area contributed by atoms with Gasteiger partial charge in [-0.3, -0.25) is 0 Å². The minimum atomic E-state index is 0.0837. The molecule has 2 aromatic rings. The number of hydrogen-bond donors (Lipinski definition) is 0.